The fraction of sp³-hybridized carbons (Fsp3) is 0.833. The molecule has 0 unspecified atom stereocenters. The molecule has 2 saturated carbocycles. The predicted octanol–water partition coefficient (Wildman–Crippen LogP) is 3.04. The van der Waals surface area contributed by atoms with E-state index >= 15 is 0 Å². The second-order valence-electron chi connectivity index (χ2n) is 4.55. The minimum absolute atomic E-state index is 0.0954. The number of hydrogen-bond acceptors (Lipinski definition) is 1. The average Bonchev–Trinajstić information content (AvgIpc) is 2.54. The summed E-state index contributed by atoms with van der Waals surface area (Å²) in [5.41, 5.74) is 1.34. The van der Waals surface area contributed by atoms with Crippen molar-refractivity contribution in [2.45, 2.75) is 57.5 Å². The molecule has 2 aliphatic rings. The van der Waals surface area contributed by atoms with Crippen molar-refractivity contribution >= 4 is 0 Å². The largest absolute Gasteiger partial charge is 0.389 e. The third-order valence-electron chi connectivity index (χ3n) is 3.47. The molecule has 0 aromatic heterocycles. The molecule has 0 heterocycles. The second kappa shape index (κ2) is 4.28. The lowest BCUT2D eigenvalue weighted by Gasteiger charge is -2.19. The van der Waals surface area contributed by atoms with Gasteiger partial charge < -0.3 is 5.11 Å². The highest BCUT2D eigenvalue weighted by Gasteiger charge is 2.20. The van der Waals surface area contributed by atoms with Crippen LogP contribution in [0, 0.1) is 5.92 Å². The van der Waals surface area contributed by atoms with Crippen molar-refractivity contribution in [1.29, 1.82) is 0 Å². The van der Waals surface area contributed by atoms with Gasteiger partial charge >= 0.3 is 0 Å². The summed E-state index contributed by atoms with van der Waals surface area (Å²) >= 11 is 0. The van der Waals surface area contributed by atoms with Crippen molar-refractivity contribution in [1.82, 2.24) is 0 Å². The molecule has 0 aromatic carbocycles. The van der Waals surface area contributed by atoms with E-state index in [4.69, 9.17) is 0 Å². The van der Waals surface area contributed by atoms with Gasteiger partial charge in [-0.05, 0) is 43.6 Å². The number of allylic oxidation sites excluding steroid dienone is 1. The molecule has 2 rings (SSSR count). The summed E-state index contributed by atoms with van der Waals surface area (Å²) in [4.78, 5) is 0. The van der Waals surface area contributed by atoms with Crippen LogP contribution in [0.3, 0.4) is 0 Å². The van der Waals surface area contributed by atoms with E-state index in [9.17, 15) is 5.11 Å². The second-order valence-corrected chi connectivity index (χ2v) is 4.55. The number of hydrogen-bond donors (Lipinski definition) is 1. The fourth-order valence-corrected chi connectivity index (χ4v) is 2.65. The Kier molecular flexibility index (Phi) is 3.05. The summed E-state index contributed by atoms with van der Waals surface area (Å²) in [6, 6.07) is 0. The highest BCUT2D eigenvalue weighted by molar-refractivity contribution is 5.14. The molecule has 74 valence electrons. The summed E-state index contributed by atoms with van der Waals surface area (Å²) in [6.45, 7) is 0. The van der Waals surface area contributed by atoms with Crippen LogP contribution in [0.1, 0.15) is 51.4 Å². The van der Waals surface area contributed by atoms with Gasteiger partial charge in [-0.2, -0.15) is 0 Å². The normalized spacial score (nSPS) is 34.2. The minimum atomic E-state index is -0.0954. The van der Waals surface area contributed by atoms with Crippen LogP contribution in [-0.2, 0) is 0 Å². The Morgan fingerprint density at radius 1 is 1.00 bits per heavy atom. The van der Waals surface area contributed by atoms with Crippen LogP contribution in [-0.4, -0.2) is 11.2 Å². The first kappa shape index (κ1) is 9.26. The molecule has 2 aliphatic carbocycles. The maximum absolute atomic E-state index is 9.65. The van der Waals surface area contributed by atoms with E-state index in [0.29, 0.717) is 0 Å². The quantitative estimate of drug-likeness (QED) is 0.615. The zero-order valence-electron chi connectivity index (χ0n) is 8.34. The molecule has 0 bridgehead atoms. The number of aliphatic hydroxyl groups excluding tert-OH is 1. The Balaban J connectivity index is 1.93. The average molecular weight is 180 g/mol. The monoisotopic (exact) mass is 180 g/mol. The van der Waals surface area contributed by atoms with E-state index in [1.54, 1.807) is 0 Å². The van der Waals surface area contributed by atoms with Gasteiger partial charge in [-0.3, -0.25) is 0 Å². The summed E-state index contributed by atoms with van der Waals surface area (Å²) in [5.74, 6) is 0.788. The smallest absolute Gasteiger partial charge is 0.0750 e. The van der Waals surface area contributed by atoms with Crippen molar-refractivity contribution in [3.8, 4) is 0 Å². The molecule has 0 radical (unpaired) electrons. The van der Waals surface area contributed by atoms with E-state index in [2.05, 4.69) is 6.08 Å². The van der Waals surface area contributed by atoms with Gasteiger partial charge in [0.25, 0.3) is 0 Å². The molecule has 0 amide bonds. The molecule has 1 N–H and O–H groups in total. The zero-order valence-corrected chi connectivity index (χ0v) is 8.34. The van der Waals surface area contributed by atoms with Gasteiger partial charge in [-0.15, -0.1) is 0 Å². The molecule has 0 aromatic rings. The number of rotatable bonds is 1. The topological polar surface area (TPSA) is 20.2 Å². The predicted molar refractivity (Wildman–Crippen MR) is 54.5 cm³/mol. The van der Waals surface area contributed by atoms with Crippen LogP contribution in [0.15, 0.2) is 11.6 Å². The lowest BCUT2D eigenvalue weighted by atomic mass is 9.87. The lowest BCUT2D eigenvalue weighted by molar-refractivity contribution is 0.216. The van der Waals surface area contributed by atoms with Crippen molar-refractivity contribution in [3.05, 3.63) is 11.6 Å². The van der Waals surface area contributed by atoms with Gasteiger partial charge in [-0.25, -0.2) is 0 Å². The van der Waals surface area contributed by atoms with E-state index in [1.807, 2.05) is 0 Å². The molecule has 0 saturated heterocycles. The Morgan fingerprint density at radius 2 is 1.77 bits per heavy atom. The van der Waals surface area contributed by atoms with Gasteiger partial charge in [0.05, 0.1) is 6.10 Å². The summed E-state index contributed by atoms with van der Waals surface area (Å²) in [5, 5.41) is 9.65. The first-order valence-corrected chi connectivity index (χ1v) is 5.75. The van der Waals surface area contributed by atoms with Crippen LogP contribution >= 0.6 is 0 Å². The highest BCUT2D eigenvalue weighted by atomic mass is 16.3. The van der Waals surface area contributed by atoms with Gasteiger partial charge in [0.2, 0.25) is 0 Å². The SMILES string of the molecule is O[C@H]1CCCC1=CC1CCCCC1. The summed E-state index contributed by atoms with van der Waals surface area (Å²) in [6.07, 6.45) is 12.6. The maximum Gasteiger partial charge on any atom is 0.0750 e. The van der Waals surface area contributed by atoms with Crippen molar-refractivity contribution in [2.75, 3.05) is 0 Å². The zero-order chi connectivity index (χ0) is 9.10. The van der Waals surface area contributed by atoms with Crippen LogP contribution in [0.25, 0.3) is 0 Å². The minimum Gasteiger partial charge on any atom is -0.389 e. The molecule has 1 nitrogen and oxygen atoms in total. The fourth-order valence-electron chi connectivity index (χ4n) is 2.65. The maximum atomic E-state index is 9.65. The molecular formula is C12H20O. The number of aliphatic hydroxyl groups is 1. The van der Waals surface area contributed by atoms with E-state index in [1.165, 1.54) is 44.1 Å². The van der Waals surface area contributed by atoms with Gasteiger partial charge in [0.1, 0.15) is 0 Å². The van der Waals surface area contributed by atoms with Gasteiger partial charge in [0, 0.05) is 0 Å². The third-order valence-corrected chi connectivity index (χ3v) is 3.47. The van der Waals surface area contributed by atoms with Crippen LogP contribution in [0.4, 0.5) is 0 Å². The molecule has 13 heavy (non-hydrogen) atoms. The van der Waals surface area contributed by atoms with E-state index in [-0.39, 0.29) is 6.10 Å². The van der Waals surface area contributed by atoms with E-state index < -0.39 is 0 Å². The lowest BCUT2D eigenvalue weighted by Crippen LogP contribution is -2.07. The van der Waals surface area contributed by atoms with Crippen molar-refractivity contribution < 1.29 is 5.11 Å². The molecule has 2 fully saturated rings. The van der Waals surface area contributed by atoms with E-state index in [0.717, 1.165) is 18.8 Å². The Morgan fingerprint density at radius 3 is 2.38 bits per heavy atom. The van der Waals surface area contributed by atoms with Crippen LogP contribution in [0.5, 0.6) is 0 Å². The van der Waals surface area contributed by atoms with Gasteiger partial charge in [0.15, 0.2) is 0 Å². The van der Waals surface area contributed by atoms with Crippen molar-refractivity contribution in [3.63, 3.8) is 0 Å². The Hall–Kier alpha value is -0.300. The molecule has 0 spiro atoms. The molecular weight excluding hydrogens is 160 g/mol. The molecule has 0 aliphatic heterocycles. The standard InChI is InChI=1S/C12H20O/c13-12-8-4-7-11(12)9-10-5-2-1-3-6-10/h9-10,12-13H,1-8H2/t12-/m0/s1. The molecule has 1 atom stereocenters. The third kappa shape index (κ3) is 2.34. The summed E-state index contributed by atoms with van der Waals surface area (Å²) in [7, 11) is 0. The first-order valence-electron chi connectivity index (χ1n) is 5.75. The Labute approximate surface area is 80.8 Å². The summed E-state index contributed by atoms with van der Waals surface area (Å²) < 4.78 is 0. The highest BCUT2D eigenvalue weighted by Crippen LogP contribution is 2.31. The Bertz CT molecular complexity index is 189. The first-order chi connectivity index (χ1) is 6.36. The van der Waals surface area contributed by atoms with Gasteiger partial charge in [-0.1, -0.05) is 25.3 Å². The molecule has 1 heteroatoms. The van der Waals surface area contributed by atoms with Crippen LogP contribution in [0.2, 0.25) is 0 Å². The van der Waals surface area contributed by atoms with Crippen molar-refractivity contribution in [2.24, 2.45) is 5.92 Å². The van der Waals surface area contributed by atoms with Crippen LogP contribution < -0.4 is 0 Å².